The van der Waals surface area contributed by atoms with Crippen LogP contribution in [0.5, 0.6) is 0 Å². The Labute approximate surface area is 196 Å². The average Bonchev–Trinajstić information content (AvgIpc) is 2.91. The van der Waals surface area contributed by atoms with Crippen molar-refractivity contribution in [2.45, 2.75) is 0 Å². The summed E-state index contributed by atoms with van der Waals surface area (Å²) in [6, 6.07) is 45.0. The molecule has 0 N–H and O–H groups in total. The molecule has 34 heavy (non-hydrogen) atoms. The standard InChI is InChI=1S/C34H20/c1-3-7-25-22(6-1)11-13-28-27(25)15-16-31-29-14-12-24-19-33-23(10-9-21-5-2-4-8-26(21)33)20-34(24)32(29)18-17-30(28)31/h1-20H. The normalized spacial score (nSPS) is 12.1. The first kappa shape index (κ1) is 18.1. The molecule has 0 atom stereocenters. The van der Waals surface area contributed by atoms with Crippen LogP contribution in [0.25, 0.3) is 75.4 Å². The largest absolute Gasteiger partial charge is 0.0616 e. The molecule has 0 saturated carbocycles. The second kappa shape index (κ2) is 6.56. The molecular formula is C34H20. The van der Waals surface area contributed by atoms with Crippen LogP contribution in [0.4, 0.5) is 0 Å². The monoisotopic (exact) mass is 428 g/mol. The van der Waals surface area contributed by atoms with Gasteiger partial charge in [-0.15, -0.1) is 0 Å². The van der Waals surface area contributed by atoms with Gasteiger partial charge >= 0.3 is 0 Å². The fraction of sp³-hybridized carbons (Fsp3) is 0. The number of hydrogen-bond donors (Lipinski definition) is 0. The highest BCUT2D eigenvalue weighted by molar-refractivity contribution is 6.26. The van der Waals surface area contributed by atoms with E-state index in [2.05, 4.69) is 121 Å². The summed E-state index contributed by atoms with van der Waals surface area (Å²) in [4.78, 5) is 0. The van der Waals surface area contributed by atoms with Crippen LogP contribution in [-0.4, -0.2) is 0 Å². The maximum atomic E-state index is 2.37. The second-order valence-electron chi connectivity index (χ2n) is 9.35. The molecule has 0 spiro atoms. The van der Waals surface area contributed by atoms with Crippen molar-refractivity contribution in [1.29, 1.82) is 0 Å². The van der Waals surface area contributed by atoms with Crippen LogP contribution < -0.4 is 0 Å². The number of fused-ring (bicyclic) bond motifs is 12. The van der Waals surface area contributed by atoms with Crippen molar-refractivity contribution in [3.8, 4) is 0 Å². The highest BCUT2D eigenvalue weighted by Crippen LogP contribution is 2.38. The Hall–Kier alpha value is -4.42. The minimum atomic E-state index is 1.29. The van der Waals surface area contributed by atoms with E-state index < -0.39 is 0 Å². The quantitative estimate of drug-likeness (QED) is 0.166. The van der Waals surface area contributed by atoms with Crippen LogP contribution in [0.1, 0.15) is 0 Å². The molecule has 0 nitrogen and oxygen atoms in total. The second-order valence-corrected chi connectivity index (χ2v) is 9.35. The molecule has 0 amide bonds. The first-order valence-electron chi connectivity index (χ1n) is 11.9. The van der Waals surface area contributed by atoms with E-state index in [-0.39, 0.29) is 0 Å². The molecule has 0 unspecified atom stereocenters. The number of benzene rings is 8. The molecule has 0 fully saturated rings. The summed E-state index contributed by atoms with van der Waals surface area (Å²) < 4.78 is 0. The van der Waals surface area contributed by atoms with Crippen molar-refractivity contribution in [3.05, 3.63) is 121 Å². The van der Waals surface area contributed by atoms with E-state index in [1.165, 1.54) is 75.4 Å². The van der Waals surface area contributed by atoms with E-state index in [4.69, 9.17) is 0 Å². The zero-order valence-electron chi connectivity index (χ0n) is 18.5. The van der Waals surface area contributed by atoms with Gasteiger partial charge in [0.15, 0.2) is 0 Å². The van der Waals surface area contributed by atoms with Crippen molar-refractivity contribution < 1.29 is 0 Å². The molecule has 0 saturated heterocycles. The Balaban J connectivity index is 1.48. The van der Waals surface area contributed by atoms with Crippen LogP contribution in [0, 0.1) is 0 Å². The maximum absolute atomic E-state index is 2.37. The molecule has 0 heteroatoms. The van der Waals surface area contributed by atoms with Crippen molar-refractivity contribution >= 4 is 75.4 Å². The average molecular weight is 429 g/mol. The molecule has 8 aromatic carbocycles. The van der Waals surface area contributed by atoms with Gasteiger partial charge in [0.1, 0.15) is 0 Å². The van der Waals surface area contributed by atoms with Crippen molar-refractivity contribution in [3.63, 3.8) is 0 Å². The lowest BCUT2D eigenvalue weighted by molar-refractivity contribution is 1.78. The molecule has 0 aliphatic carbocycles. The third kappa shape index (κ3) is 2.37. The third-order valence-electron chi connectivity index (χ3n) is 7.60. The van der Waals surface area contributed by atoms with Crippen LogP contribution in [-0.2, 0) is 0 Å². The van der Waals surface area contributed by atoms with E-state index in [9.17, 15) is 0 Å². The van der Waals surface area contributed by atoms with Gasteiger partial charge in [0.25, 0.3) is 0 Å². The lowest BCUT2D eigenvalue weighted by Crippen LogP contribution is -1.85. The van der Waals surface area contributed by atoms with E-state index in [1.807, 2.05) is 0 Å². The van der Waals surface area contributed by atoms with E-state index in [1.54, 1.807) is 0 Å². The Morgan fingerprint density at radius 3 is 1.12 bits per heavy atom. The Morgan fingerprint density at radius 1 is 0.206 bits per heavy atom. The molecule has 156 valence electrons. The lowest BCUT2D eigenvalue weighted by Gasteiger charge is -2.12. The summed E-state index contributed by atoms with van der Waals surface area (Å²) >= 11 is 0. The summed E-state index contributed by atoms with van der Waals surface area (Å²) in [5.74, 6) is 0. The lowest BCUT2D eigenvalue weighted by atomic mass is 9.91. The summed E-state index contributed by atoms with van der Waals surface area (Å²) in [6.07, 6.45) is 0. The zero-order chi connectivity index (χ0) is 22.2. The van der Waals surface area contributed by atoms with Crippen molar-refractivity contribution in [2.75, 3.05) is 0 Å². The third-order valence-corrected chi connectivity index (χ3v) is 7.60. The minimum Gasteiger partial charge on any atom is -0.0616 e. The van der Waals surface area contributed by atoms with Gasteiger partial charge in [-0.05, 0) is 87.5 Å². The smallest absolute Gasteiger partial charge is 0.00987 e. The summed E-state index contributed by atoms with van der Waals surface area (Å²) in [5.41, 5.74) is 0. The van der Waals surface area contributed by atoms with Gasteiger partial charge in [-0.25, -0.2) is 0 Å². The van der Waals surface area contributed by atoms with Crippen molar-refractivity contribution in [2.24, 2.45) is 0 Å². The molecule has 0 aliphatic rings. The topological polar surface area (TPSA) is 0 Å². The van der Waals surface area contributed by atoms with Gasteiger partial charge in [0.2, 0.25) is 0 Å². The Bertz CT molecular complexity index is 2070. The molecular weight excluding hydrogens is 408 g/mol. The molecule has 0 heterocycles. The Morgan fingerprint density at radius 2 is 0.529 bits per heavy atom. The number of hydrogen-bond acceptors (Lipinski definition) is 0. The first-order valence-corrected chi connectivity index (χ1v) is 11.9. The van der Waals surface area contributed by atoms with Crippen LogP contribution in [0.3, 0.4) is 0 Å². The Kier molecular flexibility index (Phi) is 3.48. The summed E-state index contributed by atoms with van der Waals surface area (Å²) in [6.45, 7) is 0. The van der Waals surface area contributed by atoms with Gasteiger partial charge in [-0.3, -0.25) is 0 Å². The minimum absolute atomic E-state index is 1.29. The van der Waals surface area contributed by atoms with Crippen molar-refractivity contribution in [1.82, 2.24) is 0 Å². The SMILES string of the molecule is c1ccc2c(c1)ccc1cc3c(ccc4c3ccc3c5ccc6ccccc6c5ccc43)cc12. The summed E-state index contributed by atoms with van der Waals surface area (Å²) in [5, 5.41) is 18.4. The van der Waals surface area contributed by atoms with Gasteiger partial charge in [0, 0.05) is 0 Å². The van der Waals surface area contributed by atoms with E-state index in [0.29, 0.717) is 0 Å². The predicted molar refractivity (Wildman–Crippen MR) is 149 cm³/mol. The fourth-order valence-corrected chi connectivity index (χ4v) is 5.96. The highest BCUT2D eigenvalue weighted by Gasteiger charge is 2.10. The van der Waals surface area contributed by atoms with Gasteiger partial charge < -0.3 is 0 Å². The first-order chi connectivity index (χ1) is 16.8. The van der Waals surface area contributed by atoms with Gasteiger partial charge in [-0.2, -0.15) is 0 Å². The van der Waals surface area contributed by atoms with Crippen LogP contribution >= 0.6 is 0 Å². The number of rotatable bonds is 0. The van der Waals surface area contributed by atoms with E-state index >= 15 is 0 Å². The molecule has 0 aliphatic heterocycles. The zero-order valence-corrected chi connectivity index (χ0v) is 18.5. The molecule has 8 rings (SSSR count). The van der Waals surface area contributed by atoms with E-state index in [0.717, 1.165) is 0 Å². The maximum Gasteiger partial charge on any atom is -0.00987 e. The van der Waals surface area contributed by atoms with Crippen LogP contribution in [0.2, 0.25) is 0 Å². The summed E-state index contributed by atoms with van der Waals surface area (Å²) in [7, 11) is 0. The highest BCUT2D eigenvalue weighted by atomic mass is 14.1. The predicted octanol–water partition coefficient (Wildman–Crippen LogP) is 9.76. The molecule has 0 bridgehead atoms. The fourth-order valence-electron chi connectivity index (χ4n) is 5.96. The molecule has 0 radical (unpaired) electrons. The molecule has 0 aromatic heterocycles. The van der Waals surface area contributed by atoms with Gasteiger partial charge in [0.05, 0.1) is 0 Å². The van der Waals surface area contributed by atoms with Gasteiger partial charge in [-0.1, -0.05) is 109 Å². The van der Waals surface area contributed by atoms with Crippen LogP contribution in [0.15, 0.2) is 121 Å². The molecule has 8 aromatic rings.